The van der Waals surface area contributed by atoms with Gasteiger partial charge in [-0.25, -0.2) is 4.39 Å². The molecule has 2 aromatic rings. The third-order valence-corrected chi connectivity index (χ3v) is 3.85. The zero-order chi connectivity index (χ0) is 15.2. The largest absolute Gasteiger partial charge is 0.495 e. The highest BCUT2D eigenvalue weighted by atomic mass is 79.9. The van der Waals surface area contributed by atoms with E-state index >= 15 is 0 Å². The second-order valence-corrected chi connectivity index (χ2v) is 5.50. The molecule has 0 fully saturated rings. The van der Waals surface area contributed by atoms with Gasteiger partial charge in [-0.2, -0.15) is 0 Å². The van der Waals surface area contributed by atoms with Gasteiger partial charge >= 0.3 is 0 Å². The number of hydrogen-bond acceptors (Lipinski definition) is 3. The second-order valence-electron chi connectivity index (χ2n) is 4.65. The highest BCUT2D eigenvalue weighted by molar-refractivity contribution is 9.10. The quantitative estimate of drug-likeness (QED) is 0.850. The lowest BCUT2D eigenvalue weighted by Crippen LogP contribution is -2.24. The predicted molar refractivity (Wildman–Crippen MR) is 85.0 cm³/mol. The maximum Gasteiger partial charge on any atom is 0.142 e. The molecule has 1 atom stereocenters. The SMILES string of the molecule is CCCNC(c1ccncc1OC)c1cccc(Br)c1F. The van der Waals surface area contributed by atoms with Gasteiger partial charge in [-0.15, -0.1) is 0 Å². The van der Waals surface area contributed by atoms with Crippen LogP contribution in [0.1, 0.15) is 30.5 Å². The van der Waals surface area contributed by atoms with E-state index < -0.39 is 0 Å². The zero-order valence-corrected chi connectivity index (χ0v) is 13.7. The van der Waals surface area contributed by atoms with E-state index in [9.17, 15) is 4.39 Å². The third kappa shape index (κ3) is 3.60. The first-order chi connectivity index (χ1) is 10.2. The summed E-state index contributed by atoms with van der Waals surface area (Å²) in [7, 11) is 1.59. The Labute approximate surface area is 132 Å². The van der Waals surface area contributed by atoms with Gasteiger partial charge in [0.2, 0.25) is 0 Å². The predicted octanol–water partition coefficient (Wildman–Crippen LogP) is 4.08. The average Bonchev–Trinajstić information content (AvgIpc) is 2.52. The summed E-state index contributed by atoms with van der Waals surface area (Å²) < 4.78 is 20.3. The number of hydrogen-bond donors (Lipinski definition) is 1. The summed E-state index contributed by atoms with van der Waals surface area (Å²) in [5.41, 5.74) is 1.46. The Morgan fingerprint density at radius 3 is 2.86 bits per heavy atom. The highest BCUT2D eigenvalue weighted by Crippen LogP contribution is 2.32. The molecule has 0 saturated heterocycles. The molecule has 112 valence electrons. The number of ether oxygens (including phenoxy) is 1. The number of nitrogens with one attached hydrogen (secondary N) is 1. The van der Waals surface area contributed by atoms with Crippen LogP contribution in [0, 0.1) is 5.82 Å². The Morgan fingerprint density at radius 1 is 1.33 bits per heavy atom. The van der Waals surface area contributed by atoms with Crippen molar-refractivity contribution >= 4 is 15.9 Å². The number of halogens is 2. The molecule has 3 nitrogen and oxygen atoms in total. The second kappa shape index (κ2) is 7.52. The van der Waals surface area contributed by atoms with Crippen LogP contribution < -0.4 is 10.1 Å². The maximum atomic E-state index is 14.5. The fourth-order valence-electron chi connectivity index (χ4n) is 2.22. The maximum absolute atomic E-state index is 14.5. The lowest BCUT2D eigenvalue weighted by atomic mass is 9.98. The molecule has 0 amide bonds. The molecule has 1 unspecified atom stereocenters. The molecular weight excluding hydrogens is 335 g/mol. The van der Waals surface area contributed by atoms with Crippen LogP contribution in [0.5, 0.6) is 5.75 Å². The fourth-order valence-corrected chi connectivity index (χ4v) is 2.60. The first-order valence-electron chi connectivity index (χ1n) is 6.84. The molecular formula is C16H18BrFN2O. The average molecular weight is 353 g/mol. The summed E-state index contributed by atoms with van der Waals surface area (Å²) in [4.78, 5) is 4.06. The number of methoxy groups -OCH3 is 1. The zero-order valence-electron chi connectivity index (χ0n) is 12.1. The van der Waals surface area contributed by atoms with Gasteiger partial charge in [0.15, 0.2) is 0 Å². The third-order valence-electron chi connectivity index (χ3n) is 3.24. The molecule has 5 heteroatoms. The van der Waals surface area contributed by atoms with Crippen LogP contribution in [-0.4, -0.2) is 18.6 Å². The van der Waals surface area contributed by atoms with Crippen molar-refractivity contribution < 1.29 is 9.13 Å². The van der Waals surface area contributed by atoms with Gasteiger partial charge in [-0.3, -0.25) is 4.98 Å². The lowest BCUT2D eigenvalue weighted by molar-refractivity contribution is 0.400. The van der Waals surface area contributed by atoms with Gasteiger partial charge in [-0.1, -0.05) is 19.1 Å². The molecule has 21 heavy (non-hydrogen) atoms. The summed E-state index contributed by atoms with van der Waals surface area (Å²) in [6.07, 6.45) is 4.29. The summed E-state index contributed by atoms with van der Waals surface area (Å²) in [6, 6.07) is 6.89. The monoisotopic (exact) mass is 352 g/mol. The molecule has 1 heterocycles. The van der Waals surface area contributed by atoms with E-state index in [1.54, 1.807) is 31.6 Å². The van der Waals surface area contributed by atoms with Crippen molar-refractivity contribution in [1.82, 2.24) is 10.3 Å². The van der Waals surface area contributed by atoms with E-state index in [1.165, 1.54) is 0 Å². The molecule has 0 aliphatic carbocycles. The van der Waals surface area contributed by atoms with Gasteiger partial charge < -0.3 is 10.1 Å². The van der Waals surface area contributed by atoms with Crippen molar-refractivity contribution in [2.24, 2.45) is 0 Å². The Bertz CT molecular complexity index is 607. The lowest BCUT2D eigenvalue weighted by Gasteiger charge is -2.22. The van der Waals surface area contributed by atoms with Gasteiger partial charge in [-0.05, 0) is 41.0 Å². The minimum absolute atomic E-state index is 0.259. The fraction of sp³-hybridized carbons (Fsp3) is 0.312. The van der Waals surface area contributed by atoms with E-state index in [1.807, 2.05) is 12.1 Å². The molecule has 0 spiro atoms. The number of pyridine rings is 1. The minimum atomic E-state index is -0.277. The first kappa shape index (κ1) is 15.9. The van der Waals surface area contributed by atoms with Crippen molar-refractivity contribution in [2.75, 3.05) is 13.7 Å². The van der Waals surface area contributed by atoms with E-state index in [0.29, 0.717) is 15.8 Å². The van der Waals surface area contributed by atoms with E-state index in [-0.39, 0.29) is 11.9 Å². The standard InChI is InChI=1S/C16H18BrFN2O/c1-3-8-20-16(11-7-9-19-10-14(11)21-2)12-5-4-6-13(17)15(12)18/h4-7,9-10,16,20H,3,8H2,1-2H3. The van der Waals surface area contributed by atoms with Gasteiger partial charge in [0, 0.05) is 17.3 Å². The Morgan fingerprint density at radius 2 is 2.14 bits per heavy atom. The normalized spacial score (nSPS) is 12.2. The van der Waals surface area contributed by atoms with Crippen LogP contribution in [0.4, 0.5) is 4.39 Å². The van der Waals surface area contributed by atoms with Crippen LogP contribution in [0.25, 0.3) is 0 Å². The van der Waals surface area contributed by atoms with Gasteiger partial charge in [0.05, 0.1) is 23.8 Å². The van der Waals surface area contributed by atoms with Gasteiger partial charge in [0.25, 0.3) is 0 Å². The van der Waals surface area contributed by atoms with Crippen LogP contribution >= 0.6 is 15.9 Å². The van der Waals surface area contributed by atoms with Crippen molar-refractivity contribution in [3.63, 3.8) is 0 Å². The van der Waals surface area contributed by atoms with Crippen molar-refractivity contribution in [1.29, 1.82) is 0 Å². The van der Waals surface area contributed by atoms with Crippen LogP contribution in [0.3, 0.4) is 0 Å². The van der Waals surface area contributed by atoms with Crippen molar-refractivity contribution in [3.05, 3.63) is 58.1 Å². The molecule has 0 radical (unpaired) electrons. The van der Waals surface area contributed by atoms with Crippen LogP contribution in [0.2, 0.25) is 0 Å². The first-order valence-corrected chi connectivity index (χ1v) is 7.63. The molecule has 1 aromatic carbocycles. The molecule has 0 bridgehead atoms. The summed E-state index contributed by atoms with van der Waals surface area (Å²) in [6.45, 7) is 2.85. The van der Waals surface area contributed by atoms with E-state index in [0.717, 1.165) is 18.5 Å². The molecule has 2 rings (SSSR count). The topological polar surface area (TPSA) is 34.2 Å². The Kier molecular flexibility index (Phi) is 5.70. The summed E-state index contributed by atoms with van der Waals surface area (Å²) >= 11 is 3.24. The summed E-state index contributed by atoms with van der Waals surface area (Å²) in [5, 5.41) is 3.38. The highest BCUT2D eigenvalue weighted by Gasteiger charge is 2.21. The minimum Gasteiger partial charge on any atom is -0.495 e. The van der Waals surface area contributed by atoms with Crippen molar-refractivity contribution in [3.8, 4) is 5.75 Å². The van der Waals surface area contributed by atoms with Crippen LogP contribution in [0.15, 0.2) is 41.1 Å². The molecule has 1 aromatic heterocycles. The Hall–Kier alpha value is -1.46. The number of rotatable bonds is 6. The van der Waals surface area contributed by atoms with E-state index in [2.05, 4.69) is 33.2 Å². The number of benzene rings is 1. The molecule has 0 saturated carbocycles. The van der Waals surface area contributed by atoms with Crippen LogP contribution in [-0.2, 0) is 0 Å². The van der Waals surface area contributed by atoms with Gasteiger partial charge in [0.1, 0.15) is 11.6 Å². The van der Waals surface area contributed by atoms with E-state index in [4.69, 9.17) is 4.74 Å². The Balaban J connectivity index is 2.50. The number of nitrogens with zero attached hydrogens (tertiary/aromatic N) is 1. The molecule has 0 aliphatic heterocycles. The number of aromatic nitrogens is 1. The summed E-state index contributed by atoms with van der Waals surface area (Å²) in [5.74, 6) is 0.385. The van der Waals surface area contributed by atoms with Crippen molar-refractivity contribution in [2.45, 2.75) is 19.4 Å². The molecule has 0 aliphatic rings. The molecule has 1 N–H and O–H groups in total. The smallest absolute Gasteiger partial charge is 0.142 e.